The monoisotopic (exact) mass is 282 g/mol. The predicted molar refractivity (Wildman–Crippen MR) is 82.1 cm³/mol. The average molecular weight is 282 g/mol. The van der Waals surface area contributed by atoms with Crippen molar-refractivity contribution in [1.82, 2.24) is 10.2 Å². The molecule has 1 heterocycles. The molecule has 0 bridgehead atoms. The molecule has 4 heteroatoms. The number of nitrogens with one attached hydrogen (secondary N) is 1. The summed E-state index contributed by atoms with van der Waals surface area (Å²) in [5, 5.41) is 4.97. The summed E-state index contributed by atoms with van der Waals surface area (Å²) in [4.78, 5) is 25.6. The molecule has 108 valence electrons. The van der Waals surface area contributed by atoms with Gasteiger partial charge >= 0.3 is 0 Å². The highest BCUT2D eigenvalue weighted by Crippen LogP contribution is 2.15. The lowest BCUT2D eigenvalue weighted by molar-refractivity contribution is -0.134. The maximum Gasteiger partial charge on any atom is 0.251 e. The van der Waals surface area contributed by atoms with Crippen LogP contribution in [0.15, 0.2) is 42.5 Å². The Labute approximate surface area is 123 Å². The number of carbonyl (C=O) groups is 2. The van der Waals surface area contributed by atoms with Gasteiger partial charge in [-0.2, -0.15) is 0 Å². The summed E-state index contributed by atoms with van der Waals surface area (Å²) in [5.74, 6) is -0.00257. The molecule has 0 aliphatic carbocycles. The first-order valence-corrected chi connectivity index (χ1v) is 7.29. The second kappa shape index (κ2) is 5.95. The fourth-order valence-electron chi connectivity index (χ4n) is 2.44. The number of carbonyl (C=O) groups excluding carboxylic acids is 2. The van der Waals surface area contributed by atoms with Crippen LogP contribution in [0, 0.1) is 0 Å². The highest BCUT2D eigenvalue weighted by atomic mass is 16.2. The van der Waals surface area contributed by atoms with Crippen LogP contribution in [-0.2, 0) is 4.79 Å². The number of hydrogen-bond acceptors (Lipinski definition) is 2. The number of fused-ring (bicyclic) bond motifs is 1. The van der Waals surface area contributed by atoms with Gasteiger partial charge in [-0.1, -0.05) is 30.3 Å². The molecular weight excluding hydrogens is 264 g/mol. The first kappa shape index (κ1) is 13.6. The van der Waals surface area contributed by atoms with Gasteiger partial charge in [-0.25, -0.2) is 0 Å². The van der Waals surface area contributed by atoms with Crippen LogP contribution in [-0.4, -0.2) is 36.3 Å². The molecule has 1 aliphatic heterocycles. The molecule has 0 spiro atoms. The fraction of sp³-hybridized carbons (Fsp3) is 0.294. The second-order valence-electron chi connectivity index (χ2n) is 5.30. The lowest BCUT2D eigenvalue weighted by atomic mass is 10.1. The van der Waals surface area contributed by atoms with E-state index in [1.165, 1.54) is 0 Å². The minimum Gasteiger partial charge on any atom is -0.352 e. The van der Waals surface area contributed by atoms with Gasteiger partial charge in [0, 0.05) is 31.6 Å². The molecule has 2 amide bonds. The van der Waals surface area contributed by atoms with Gasteiger partial charge in [-0.15, -0.1) is 0 Å². The minimum atomic E-state index is -0.128. The van der Waals surface area contributed by atoms with Gasteiger partial charge in [-0.3, -0.25) is 9.59 Å². The number of hydrogen-bond donors (Lipinski definition) is 1. The molecule has 1 N–H and O–H groups in total. The van der Waals surface area contributed by atoms with E-state index < -0.39 is 0 Å². The van der Waals surface area contributed by atoms with E-state index in [4.69, 9.17) is 0 Å². The Balaban J connectivity index is 1.57. The summed E-state index contributed by atoms with van der Waals surface area (Å²) in [5.41, 5.74) is 0.630. The molecular formula is C17H18N2O2. The van der Waals surface area contributed by atoms with E-state index in [1.54, 1.807) is 0 Å². The fourth-order valence-corrected chi connectivity index (χ4v) is 2.44. The highest BCUT2D eigenvalue weighted by molar-refractivity contribution is 5.98. The number of likely N-dealkylation sites (tertiary alicyclic amines) is 1. The van der Waals surface area contributed by atoms with Crippen molar-refractivity contribution >= 4 is 22.6 Å². The van der Waals surface area contributed by atoms with Crippen LogP contribution in [0.4, 0.5) is 0 Å². The summed E-state index contributed by atoms with van der Waals surface area (Å²) in [6.45, 7) is 2.11. The van der Waals surface area contributed by atoms with Crippen molar-refractivity contribution < 1.29 is 9.59 Å². The quantitative estimate of drug-likeness (QED) is 0.934. The summed E-state index contributed by atoms with van der Waals surface area (Å²) in [6.07, 6.45) is 1.47. The molecule has 2 aromatic carbocycles. The molecule has 1 aliphatic rings. The summed E-state index contributed by atoms with van der Waals surface area (Å²) < 4.78 is 0. The van der Waals surface area contributed by atoms with Gasteiger partial charge < -0.3 is 10.2 Å². The van der Waals surface area contributed by atoms with Crippen molar-refractivity contribution in [3.05, 3.63) is 48.0 Å². The third kappa shape index (κ3) is 3.05. The van der Waals surface area contributed by atoms with E-state index >= 15 is 0 Å². The molecule has 0 radical (unpaired) electrons. The third-order valence-corrected chi connectivity index (χ3v) is 3.84. The molecule has 4 nitrogen and oxygen atoms in total. The Hall–Kier alpha value is -2.36. The van der Waals surface area contributed by atoms with Gasteiger partial charge in [0.2, 0.25) is 5.91 Å². The van der Waals surface area contributed by atoms with E-state index in [-0.39, 0.29) is 11.8 Å². The Morgan fingerprint density at radius 3 is 2.52 bits per heavy atom. The zero-order valence-corrected chi connectivity index (χ0v) is 11.8. The smallest absolute Gasteiger partial charge is 0.251 e. The normalized spacial score (nSPS) is 13.8. The van der Waals surface area contributed by atoms with Gasteiger partial charge in [0.05, 0.1) is 0 Å². The van der Waals surface area contributed by atoms with Crippen LogP contribution in [0.25, 0.3) is 10.8 Å². The van der Waals surface area contributed by atoms with Crippen LogP contribution in [0.1, 0.15) is 23.2 Å². The predicted octanol–water partition coefficient (Wildman–Crippen LogP) is 2.19. The zero-order valence-electron chi connectivity index (χ0n) is 11.8. The lowest BCUT2D eigenvalue weighted by Gasteiger charge is -2.30. The average Bonchev–Trinajstić information content (AvgIpc) is 2.44. The standard InChI is InChI=1S/C17H18N2O2/c20-16(19-10-3-11-19)8-9-18-17(21)15-7-6-13-4-1-2-5-14(13)12-15/h1-2,4-7,12H,3,8-11H2,(H,18,21). The number of benzene rings is 2. The van der Waals surface area contributed by atoms with E-state index in [2.05, 4.69) is 5.32 Å². The third-order valence-electron chi connectivity index (χ3n) is 3.84. The van der Waals surface area contributed by atoms with E-state index in [0.717, 1.165) is 30.3 Å². The van der Waals surface area contributed by atoms with E-state index in [9.17, 15) is 9.59 Å². The highest BCUT2D eigenvalue weighted by Gasteiger charge is 2.19. The molecule has 0 aromatic heterocycles. The van der Waals surface area contributed by atoms with E-state index in [1.807, 2.05) is 47.4 Å². The lowest BCUT2D eigenvalue weighted by Crippen LogP contribution is -2.43. The molecule has 2 aromatic rings. The van der Waals surface area contributed by atoms with Crippen molar-refractivity contribution in [3.8, 4) is 0 Å². The molecule has 1 fully saturated rings. The first-order chi connectivity index (χ1) is 10.2. The van der Waals surface area contributed by atoms with Crippen LogP contribution >= 0.6 is 0 Å². The van der Waals surface area contributed by atoms with Crippen LogP contribution < -0.4 is 5.32 Å². The van der Waals surface area contributed by atoms with Crippen molar-refractivity contribution in [2.75, 3.05) is 19.6 Å². The maximum atomic E-state index is 12.1. The number of rotatable bonds is 4. The van der Waals surface area contributed by atoms with Crippen molar-refractivity contribution in [1.29, 1.82) is 0 Å². The van der Waals surface area contributed by atoms with Crippen molar-refractivity contribution in [2.24, 2.45) is 0 Å². The second-order valence-corrected chi connectivity index (χ2v) is 5.30. The Bertz CT molecular complexity index is 677. The van der Waals surface area contributed by atoms with Gasteiger partial charge in [0.25, 0.3) is 5.91 Å². The minimum absolute atomic E-state index is 0.125. The molecule has 1 saturated heterocycles. The van der Waals surface area contributed by atoms with Gasteiger partial charge in [0.15, 0.2) is 0 Å². The van der Waals surface area contributed by atoms with Crippen LogP contribution in [0.5, 0.6) is 0 Å². The van der Waals surface area contributed by atoms with E-state index in [0.29, 0.717) is 18.5 Å². The zero-order chi connectivity index (χ0) is 14.7. The summed E-state index contributed by atoms with van der Waals surface area (Å²) >= 11 is 0. The molecule has 21 heavy (non-hydrogen) atoms. The summed E-state index contributed by atoms with van der Waals surface area (Å²) in [7, 11) is 0. The Morgan fingerprint density at radius 1 is 1.05 bits per heavy atom. The SMILES string of the molecule is O=C(NCCC(=O)N1CCC1)c1ccc2ccccc2c1. The molecule has 0 atom stereocenters. The van der Waals surface area contributed by atoms with Crippen LogP contribution in [0.3, 0.4) is 0 Å². The van der Waals surface area contributed by atoms with Crippen LogP contribution in [0.2, 0.25) is 0 Å². The Kier molecular flexibility index (Phi) is 3.86. The largest absolute Gasteiger partial charge is 0.352 e. The van der Waals surface area contributed by atoms with Crippen molar-refractivity contribution in [3.63, 3.8) is 0 Å². The number of nitrogens with zero attached hydrogens (tertiary/aromatic N) is 1. The summed E-state index contributed by atoms with van der Waals surface area (Å²) in [6, 6.07) is 13.6. The number of amides is 2. The molecule has 0 unspecified atom stereocenters. The molecule has 0 saturated carbocycles. The van der Waals surface area contributed by atoms with Gasteiger partial charge in [-0.05, 0) is 29.3 Å². The van der Waals surface area contributed by atoms with Gasteiger partial charge in [0.1, 0.15) is 0 Å². The Morgan fingerprint density at radius 2 is 1.81 bits per heavy atom. The van der Waals surface area contributed by atoms with Crippen molar-refractivity contribution in [2.45, 2.75) is 12.8 Å². The maximum absolute atomic E-state index is 12.1. The topological polar surface area (TPSA) is 49.4 Å². The molecule has 3 rings (SSSR count). The first-order valence-electron chi connectivity index (χ1n) is 7.29.